The minimum absolute atomic E-state index is 0.225. The van der Waals surface area contributed by atoms with Gasteiger partial charge in [0.25, 0.3) is 0 Å². The summed E-state index contributed by atoms with van der Waals surface area (Å²) in [7, 11) is -2.00. The Morgan fingerprint density at radius 2 is 1.89 bits per heavy atom. The highest BCUT2D eigenvalue weighted by atomic mass is 35.5. The van der Waals surface area contributed by atoms with E-state index in [2.05, 4.69) is 4.72 Å². The molecule has 0 bridgehead atoms. The van der Waals surface area contributed by atoms with Crippen molar-refractivity contribution in [3.63, 3.8) is 0 Å². The van der Waals surface area contributed by atoms with Gasteiger partial charge in [0.2, 0.25) is 10.0 Å². The Morgan fingerprint density at radius 1 is 1.32 bits per heavy atom. The predicted molar refractivity (Wildman–Crippen MR) is 77.3 cm³/mol. The van der Waals surface area contributed by atoms with Crippen LogP contribution in [0.4, 0.5) is 0 Å². The van der Waals surface area contributed by atoms with Crippen molar-refractivity contribution in [3.05, 3.63) is 24.3 Å². The van der Waals surface area contributed by atoms with E-state index in [-0.39, 0.29) is 4.90 Å². The monoisotopic (exact) mass is 305 g/mol. The van der Waals surface area contributed by atoms with Crippen molar-refractivity contribution in [2.75, 3.05) is 13.0 Å². The molecule has 0 amide bonds. The van der Waals surface area contributed by atoms with Crippen LogP contribution in [-0.4, -0.2) is 26.9 Å². The van der Waals surface area contributed by atoms with Gasteiger partial charge in [0, 0.05) is 11.4 Å². The molecule has 4 nitrogen and oxygen atoms in total. The molecule has 1 atom stereocenters. The van der Waals surface area contributed by atoms with Crippen LogP contribution in [0.3, 0.4) is 0 Å². The number of alkyl halides is 1. The zero-order valence-electron chi connectivity index (χ0n) is 11.4. The van der Waals surface area contributed by atoms with E-state index < -0.39 is 15.6 Å². The van der Waals surface area contributed by atoms with Crippen LogP contribution < -0.4 is 9.46 Å². The van der Waals surface area contributed by atoms with E-state index in [1.807, 2.05) is 13.8 Å². The molecule has 0 aliphatic heterocycles. The molecule has 0 saturated heterocycles. The molecule has 0 aliphatic carbocycles. The SMILES string of the molecule is CCC(C)(CCCl)NS(=O)(=O)c1ccc(OC)cc1. The van der Waals surface area contributed by atoms with Gasteiger partial charge in [-0.25, -0.2) is 13.1 Å². The summed E-state index contributed by atoms with van der Waals surface area (Å²) in [5.41, 5.74) is -0.527. The first-order valence-corrected chi connectivity index (χ1v) is 8.12. The molecule has 19 heavy (non-hydrogen) atoms. The minimum Gasteiger partial charge on any atom is -0.497 e. The number of nitrogens with one attached hydrogen (secondary N) is 1. The Morgan fingerprint density at radius 3 is 2.32 bits per heavy atom. The number of hydrogen-bond acceptors (Lipinski definition) is 3. The van der Waals surface area contributed by atoms with E-state index in [1.54, 1.807) is 12.1 Å². The lowest BCUT2D eigenvalue weighted by Gasteiger charge is -2.28. The molecule has 0 aliphatic rings. The van der Waals surface area contributed by atoms with Crippen LogP contribution in [0.15, 0.2) is 29.2 Å². The number of rotatable bonds is 7. The Balaban J connectivity index is 2.96. The maximum atomic E-state index is 12.3. The van der Waals surface area contributed by atoms with Crippen molar-refractivity contribution in [1.29, 1.82) is 0 Å². The third-order valence-electron chi connectivity index (χ3n) is 3.18. The van der Waals surface area contributed by atoms with Crippen molar-refractivity contribution >= 4 is 21.6 Å². The Bertz CT molecular complexity index is 501. The first kappa shape index (κ1) is 16.3. The molecule has 0 fully saturated rings. The molecule has 1 unspecified atom stereocenters. The molecule has 6 heteroatoms. The topological polar surface area (TPSA) is 55.4 Å². The van der Waals surface area contributed by atoms with Gasteiger partial charge < -0.3 is 4.74 Å². The van der Waals surface area contributed by atoms with Gasteiger partial charge in [0.15, 0.2) is 0 Å². The van der Waals surface area contributed by atoms with Crippen LogP contribution in [0.1, 0.15) is 26.7 Å². The lowest BCUT2D eigenvalue weighted by Crippen LogP contribution is -2.45. The zero-order chi connectivity index (χ0) is 14.5. The molecular formula is C13H20ClNO3S. The highest BCUT2D eigenvalue weighted by Crippen LogP contribution is 2.21. The largest absolute Gasteiger partial charge is 0.497 e. The van der Waals surface area contributed by atoms with Gasteiger partial charge in [-0.15, -0.1) is 11.6 Å². The standard InChI is InChI=1S/C13H20ClNO3S/c1-4-13(2,9-10-14)15-19(16,17)12-7-5-11(18-3)6-8-12/h5-8,15H,4,9-10H2,1-3H3. The fourth-order valence-corrected chi connectivity index (χ4v) is 3.57. The Kier molecular flexibility index (Phi) is 5.64. The lowest BCUT2D eigenvalue weighted by atomic mass is 9.97. The summed E-state index contributed by atoms with van der Waals surface area (Å²) < 4.78 is 32.3. The maximum Gasteiger partial charge on any atom is 0.241 e. The molecule has 0 spiro atoms. The summed E-state index contributed by atoms with van der Waals surface area (Å²) >= 11 is 5.73. The number of ether oxygens (including phenoxy) is 1. The lowest BCUT2D eigenvalue weighted by molar-refractivity contribution is 0.390. The molecule has 1 aromatic carbocycles. The predicted octanol–water partition coefficient (Wildman–Crippen LogP) is 2.77. The summed E-state index contributed by atoms with van der Waals surface area (Å²) in [5.74, 6) is 1.04. The summed E-state index contributed by atoms with van der Waals surface area (Å²) in [6, 6.07) is 6.30. The van der Waals surface area contributed by atoms with Crippen LogP contribution in [0.2, 0.25) is 0 Å². The molecular weight excluding hydrogens is 286 g/mol. The minimum atomic E-state index is -3.54. The second-order valence-corrected chi connectivity index (χ2v) is 6.69. The number of halogens is 1. The molecule has 0 radical (unpaired) electrons. The fourth-order valence-electron chi connectivity index (χ4n) is 1.65. The van der Waals surface area contributed by atoms with E-state index in [9.17, 15) is 8.42 Å². The van der Waals surface area contributed by atoms with Crippen LogP contribution >= 0.6 is 11.6 Å². The first-order chi connectivity index (χ1) is 8.87. The summed E-state index contributed by atoms with van der Waals surface area (Å²) in [5, 5.41) is 0. The van der Waals surface area contributed by atoms with Gasteiger partial charge in [-0.05, 0) is 44.0 Å². The third kappa shape index (κ3) is 4.37. The van der Waals surface area contributed by atoms with E-state index in [4.69, 9.17) is 16.3 Å². The molecule has 0 saturated carbocycles. The van der Waals surface area contributed by atoms with E-state index in [0.29, 0.717) is 24.5 Å². The molecule has 108 valence electrons. The average molecular weight is 306 g/mol. The maximum absolute atomic E-state index is 12.3. The van der Waals surface area contributed by atoms with Gasteiger partial charge in [-0.2, -0.15) is 0 Å². The smallest absolute Gasteiger partial charge is 0.241 e. The zero-order valence-corrected chi connectivity index (χ0v) is 13.0. The van der Waals surface area contributed by atoms with Crippen molar-refractivity contribution in [3.8, 4) is 5.75 Å². The summed E-state index contributed by atoms with van der Waals surface area (Å²) in [6.07, 6.45) is 1.26. The van der Waals surface area contributed by atoms with Gasteiger partial charge in [0.1, 0.15) is 5.75 Å². The third-order valence-corrected chi connectivity index (χ3v) is 5.02. The van der Waals surface area contributed by atoms with Crippen LogP contribution in [0.5, 0.6) is 5.75 Å². The second-order valence-electron chi connectivity index (χ2n) is 4.63. The highest BCUT2D eigenvalue weighted by Gasteiger charge is 2.28. The van der Waals surface area contributed by atoms with Gasteiger partial charge in [-0.3, -0.25) is 0 Å². The van der Waals surface area contributed by atoms with Crippen LogP contribution in [0.25, 0.3) is 0 Å². The number of benzene rings is 1. The average Bonchev–Trinajstić information content (AvgIpc) is 2.38. The Labute approximate surface area is 120 Å². The van der Waals surface area contributed by atoms with Crippen molar-refractivity contribution in [2.45, 2.75) is 37.1 Å². The first-order valence-electron chi connectivity index (χ1n) is 6.11. The van der Waals surface area contributed by atoms with Crippen molar-refractivity contribution in [1.82, 2.24) is 4.72 Å². The number of sulfonamides is 1. The Hall–Kier alpha value is -0.780. The molecule has 0 aromatic heterocycles. The van der Waals surface area contributed by atoms with Crippen molar-refractivity contribution < 1.29 is 13.2 Å². The second kappa shape index (κ2) is 6.59. The molecule has 1 rings (SSSR count). The van der Waals surface area contributed by atoms with E-state index in [0.717, 1.165) is 0 Å². The van der Waals surface area contributed by atoms with Gasteiger partial charge in [0.05, 0.1) is 12.0 Å². The number of hydrogen-bond donors (Lipinski definition) is 1. The fraction of sp³-hybridized carbons (Fsp3) is 0.538. The van der Waals surface area contributed by atoms with E-state index in [1.165, 1.54) is 19.2 Å². The highest BCUT2D eigenvalue weighted by molar-refractivity contribution is 7.89. The van der Waals surface area contributed by atoms with Crippen LogP contribution in [-0.2, 0) is 10.0 Å². The normalized spacial score (nSPS) is 14.9. The van der Waals surface area contributed by atoms with Crippen LogP contribution in [0, 0.1) is 0 Å². The van der Waals surface area contributed by atoms with Gasteiger partial charge in [-0.1, -0.05) is 6.92 Å². The van der Waals surface area contributed by atoms with E-state index >= 15 is 0 Å². The van der Waals surface area contributed by atoms with Crippen molar-refractivity contribution in [2.24, 2.45) is 0 Å². The van der Waals surface area contributed by atoms with Gasteiger partial charge >= 0.3 is 0 Å². The molecule has 0 heterocycles. The quantitative estimate of drug-likeness (QED) is 0.788. The molecule has 1 N–H and O–H groups in total. The molecule has 1 aromatic rings. The number of methoxy groups -OCH3 is 1. The summed E-state index contributed by atoms with van der Waals surface area (Å²) in [4.78, 5) is 0.225. The summed E-state index contributed by atoms with van der Waals surface area (Å²) in [6.45, 7) is 3.79.